The molecule has 2 aromatic carbocycles. The van der Waals surface area contributed by atoms with E-state index < -0.39 is 0 Å². The van der Waals surface area contributed by atoms with Crippen LogP contribution >= 0.6 is 0 Å². The molecule has 1 atom stereocenters. The van der Waals surface area contributed by atoms with Crippen molar-refractivity contribution < 1.29 is 19.2 Å². The fourth-order valence-corrected chi connectivity index (χ4v) is 4.40. The topological polar surface area (TPSA) is 125 Å². The first-order chi connectivity index (χ1) is 17.3. The Morgan fingerprint density at radius 1 is 1.31 bits per heavy atom. The Bertz CT molecular complexity index is 1290. The predicted molar refractivity (Wildman–Crippen MR) is 134 cm³/mol. The number of amides is 1. The molecule has 0 saturated heterocycles. The number of carbonyl (C=O) groups excluding carboxylic acids is 1. The van der Waals surface area contributed by atoms with Gasteiger partial charge in [0.1, 0.15) is 11.8 Å². The van der Waals surface area contributed by atoms with Crippen molar-refractivity contribution in [1.29, 1.82) is 5.26 Å². The summed E-state index contributed by atoms with van der Waals surface area (Å²) in [6, 6.07) is 11.2. The van der Waals surface area contributed by atoms with E-state index in [2.05, 4.69) is 39.4 Å². The molecule has 0 fully saturated rings. The fraction of sp³-hybridized carbons (Fsp3) is 0.407. The van der Waals surface area contributed by atoms with Gasteiger partial charge < -0.3 is 19.7 Å². The van der Waals surface area contributed by atoms with E-state index in [1.165, 1.54) is 11.1 Å². The highest BCUT2D eigenvalue weighted by Crippen LogP contribution is 2.32. The number of benzene rings is 2. The Labute approximate surface area is 210 Å². The molecular weight excluding hydrogens is 458 g/mol. The Morgan fingerprint density at radius 2 is 2.11 bits per heavy atom. The molecule has 0 saturated carbocycles. The second-order valence-corrected chi connectivity index (χ2v) is 9.40. The first-order valence-electron chi connectivity index (χ1n) is 12.1. The minimum Gasteiger partial charge on any atom is -0.490 e. The van der Waals surface area contributed by atoms with Gasteiger partial charge in [-0.25, -0.2) is 0 Å². The minimum absolute atomic E-state index is 0.0378. The molecule has 3 aromatic rings. The first-order valence-corrected chi connectivity index (χ1v) is 12.1. The molecule has 0 bridgehead atoms. The molecule has 1 amide bonds. The van der Waals surface area contributed by atoms with Crippen LogP contribution in [0.3, 0.4) is 0 Å². The minimum atomic E-state index is -0.253. The number of hydrogen-bond acceptors (Lipinski definition) is 8. The summed E-state index contributed by atoms with van der Waals surface area (Å²) < 4.78 is 11.2. The van der Waals surface area contributed by atoms with Crippen LogP contribution in [0.25, 0.3) is 22.8 Å². The van der Waals surface area contributed by atoms with Crippen LogP contribution in [0.4, 0.5) is 0 Å². The van der Waals surface area contributed by atoms with Crippen LogP contribution in [0.2, 0.25) is 0 Å². The Balaban J connectivity index is 1.52. The number of fused-ring (bicyclic) bond motifs is 1. The molecule has 4 rings (SSSR count). The molecule has 1 aliphatic rings. The quantitative estimate of drug-likeness (QED) is 0.494. The Kier molecular flexibility index (Phi) is 7.67. The maximum atomic E-state index is 12.2. The van der Waals surface area contributed by atoms with Gasteiger partial charge in [-0.15, -0.1) is 0 Å². The van der Waals surface area contributed by atoms with E-state index in [4.69, 9.17) is 14.4 Å². The Hall–Kier alpha value is -3.74. The molecule has 0 spiro atoms. The van der Waals surface area contributed by atoms with Gasteiger partial charge in [0, 0.05) is 30.3 Å². The summed E-state index contributed by atoms with van der Waals surface area (Å²) in [4.78, 5) is 18.9. The SMILES string of the molecule is Cc1c(-c2noc(-c3ccc(OC(C)C)c(C#N)c3)n2)ccc2c1CCN(CC(=O)NC(C)CO)C2. The van der Waals surface area contributed by atoms with Gasteiger partial charge >= 0.3 is 0 Å². The van der Waals surface area contributed by atoms with Crippen molar-refractivity contribution in [2.75, 3.05) is 19.7 Å². The van der Waals surface area contributed by atoms with Gasteiger partial charge in [-0.1, -0.05) is 17.3 Å². The highest BCUT2D eigenvalue weighted by Gasteiger charge is 2.23. The van der Waals surface area contributed by atoms with Crippen molar-refractivity contribution in [2.24, 2.45) is 0 Å². The summed E-state index contributed by atoms with van der Waals surface area (Å²) in [6.07, 6.45) is 0.773. The molecule has 9 heteroatoms. The van der Waals surface area contributed by atoms with E-state index in [1.807, 2.05) is 26.0 Å². The smallest absolute Gasteiger partial charge is 0.258 e. The largest absolute Gasteiger partial charge is 0.490 e. The van der Waals surface area contributed by atoms with Crippen LogP contribution in [0, 0.1) is 18.3 Å². The molecule has 0 aliphatic carbocycles. The molecule has 188 valence electrons. The number of nitrogens with one attached hydrogen (secondary N) is 1. The zero-order valence-corrected chi connectivity index (χ0v) is 21.0. The fourth-order valence-electron chi connectivity index (χ4n) is 4.40. The molecule has 36 heavy (non-hydrogen) atoms. The third-order valence-electron chi connectivity index (χ3n) is 6.19. The van der Waals surface area contributed by atoms with E-state index in [0.717, 1.165) is 24.1 Å². The van der Waals surface area contributed by atoms with Crippen LogP contribution in [0.1, 0.15) is 43.0 Å². The first kappa shape index (κ1) is 25.4. The van der Waals surface area contributed by atoms with E-state index in [-0.39, 0.29) is 24.7 Å². The monoisotopic (exact) mass is 489 g/mol. The molecule has 9 nitrogen and oxygen atoms in total. The van der Waals surface area contributed by atoms with E-state index in [1.54, 1.807) is 19.1 Å². The van der Waals surface area contributed by atoms with Gasteiger partial charge in [0.05, 0.1) is 24.8 Å². The van der Waals surface area contributed by atoms with Crippen LogP contribution in [0.15, 0.2) is 34.9 Å². The third kappa shape index (κ3) is 5.56. The maximum Gasteiger partial charge on any atom is 0.258 e. The van der Waals surface area contributed by atoms with Gasteiger partial charge in [0.15, 0.2) is 0 Å². The normalized spacial score (nSPS) is 14.2. The van der Waals surface area contributed by atoms with Gasteiger partial charge in [0.25, 0.3) is 5.89 Å². The molecular formula is C27H31N5O4. The average molecular weight is 490 g/mol. The second-order valence-electron chi connectivity index (χ2n) is 9.40. The number of aromatic nitrogens is 2. The van der Waals surface area contributed by atoms with Crippen molar-refractivity contribution in [1.82, 2.24) is 20.4 Å². The summed E-state index contributed by atoms with van der Waals surface area (Å²) in [5, 5.41) is 25.7. The molecule has 1 aromatic heterocycles. The molecule has 1 aliphatic heterocycles. The van der Waals surface area contributed by atoms with Crippen molar-refractivity contribution in [3.63, 3.8) is 0 Å². The van der Waals surface area contributed by atoms with Crippen molar-refractivity contribution in [2.45, 2.75) is 52.8 Å². The lowest BCUT2D eigenvalue weighted by atomic mass is 9.91. The van der Waals surface area contributed by atoms with E-state index in [0.29, 0.717) is 41.7 Å². The number of carbonyl (C=O) groups is 1. The highest BCUT2D eigenvalue weighted by atomic mass is 16.5. The zero-order chi connectivity index (χ0) is 25.8. The molecule has 0 radical (unpaired) electrons. The predicted octanol–water partition coefficient (Wildman–Crippen LogP) is 3.23. The molecule has 2 N–H and O–H groups in total. The van der Waals surface area contributed by atoms with Gasteiger partial charge in [-0.2, -0.15) is 10.2 Å². The number of ether oxygens (including phenoxy) is 1. The molecule has 2 heterocycles. The maximum absolute atomic E-state index is 12.2. The van der Waals surface area contributed by atoms with E-state index in [9.17, 15) is 10.1 Å². The average Bonchev–Trinajstić information content (AvgIpc) is 3.34. The summed E-state index contributed by atoms with van der Waals surface area (Å²) in [6.45, 7) is 9.31. The number of nitriles is 1. The summed E-state index contributed by atoms with van der Waals surface area (Å²) >= 11 is 0. The zero-order valence-electron chi connectivity index (χ0n) is 21.0. The van der Waals surface area contributed by atoms with Crippen molar-refractivity contribution in [3.05, 3.63) is 52.6 Å². The summed E-state index contributed by atoms with van der Waals surface area (Å²) in [5.41, 5.74) is 5.47. The van der Waals surface area contributed by atoms with Gasteiger partial charge in [-0.3, -0.25) is 9.69 Å². The van der Waals surface area contributed by atoms with Crippen LogP contribution in [-0.2, 0) is 17.8 Å². The van der Waals surface area contributed by atoms with Crippen LogP contribution in [-0.4, -0.2) is 57.9 Å². The van der Waals surface area contributed by atoms with Crippen LogP contribution < -0.4 is 10.1 Å². The molecule has 1 unspecified atom stereocenters. The number of rotatable bonds is 8. The Morgan fingerprint density at radius 3 is 2.83 bits per heavy atom. The highest BCUT2D eigenvalue weighted by molar-refractivity contribution is 5.78. The number of nitrogens with zero attached hydrogens (tertiary/aromatic N) is 4. The lowest BCUT2D eigenvalue weighted by molar-refractivity contribution is -0.123. The summed E-state index contributed by atoms with van der Waals surface area (Å²) in [5.74, 6) is 1.27. The van der Waals surface area contributed by atoms with E-state index >= 15 is 0 Å². The van der Waals surface area contributed by atoms with Gasteiger partial charge in [-0.05, 0) is 69.0 Å². The summed E-state index contributed by atoms with van der Waals surface area (Å²) in [7, 11) is 0. The number of hydrogen-bond donors (Lipinski definition) is 2. The van der Waals surface area contributed by atoms with Crippen molar-refractivity contribution >= 4 is 5.91 Å². The third-order valence-corrected chi connectivity index (χ3v) is 6.19. The second kappa shape index (κ2) is 10.9. The standard InChI is InChI=1S/C27H31N5O4/c1-16(2)35-24-8-6-19(11-21(24)12-28)27-30-26(31-36-27)23-7-5-20-13-32(10-9-22(20)18(23)4)14-25(34)29-17(3)15-33/h5-8,11,16-17,33H,9-10,13-15H2,1-4H3,(H,29,34). The lowest BCUT2D eigenvalue weighted by Gasteiger charge is -2.30. The number of aliphatic hydroxyl groups excluding tert-OH is 1. The van der Waals surface area contributed by atoms with Gasteiger partial charge in [0.2, 0.25) is 11.7 Å². The number of aliphatic hydroxyl groups is 1. The lowest BCUT2D eigenvalue weighted by Crippen LogP contribution is -2.43. The van der Waals surface area contributed by atoms with Crippen molar-refractivity contribution in [3.8, 4) is 34.7 Å². The van der Waals surface area contributed by atoms with Crippen LogP contribution in [0.5, 0.6) is 5.75 Å².